The maximum Gasteiger partial charge on any atom is 0.178 e. The van der Waals surface area contributed by atoms with E-state index in [9.17, 15) is 4.79 Å². The van der Waals surface area contributed by atoms with Gasteiger partial charge in [-0.05, 0) is 68.7 Å². The van der Waals surface area contributed by atoms with Crippen LogP contribution < -0.4 is 9.47 Å². The Morgan fingerprint density at radius 2 is 1.58 bits per heavy atom. The molecular formula is C26H30N2O3. The molecule has 2 heterocycles. The molecule has 3 aromatic rings. The molecule has 0 saturated carbocycles. The lowest BCUT2D eigenvalue weighted by Crippen LogP contribution is -2.35. The molecule has 0 spiro atoms. The Bertz CT molecular complexity index is 1110. The van der Waals surface area contributed by atoms with Gasteiger partial charge in [0, 0.05) is 35.7 Å². The number of nitrogens with zero attached hydrogens (tertiary/aromatic N) is 2. The lowest BCUT2D eigenvalue weighted by Gasteiger charge is -2.29. The molecule has 0 bridgehead atoms. The van der Waals surface area contributed by atoms with Crippen LogP contribution in [0.25, 0.3) is 5.69 Å². The highest BCUT2D eigenvalue weighted by molar-refractivity contribution is 5.99. The zero-order valence-corrected chi connectivity index (χ0v) is 19.0. The topological polar surface area (TPSA) is 43.7 Å². The molecule has 1 aliphatic heterocycles. The molecule has 1 aliphatic rings. The number of ether oxygens (including phenoxy) is 2. The molecule has 1 aromatic heterocycles. The fourth-order valence-electron chi connectivity index (χ4n) is 4.50. The number of benzene rings is 2. The Morgan fingerprint density at radius 1 is 0.935 bits per heavy atom. The van der Waals surface area contributed by atoms with E-state index in [0.717, 1.165) is 53.6 Å². The van der Waals surface area contributed by atoms with Gasteiger partial charge in [0.05, 0.1) is 20.8 Å². The lowest BCUT2D eigenvalue weighted by atomic mass is 9.98. The number of methoxy groups -OCH3 is 2. The number of aryl methyl sites for hydroxylation is 2. The number of fused-ring (bicyclic) bond motifs is 1. The number of ketones is 1. The second-order valence-electron chi connectivity index (χ2n) is 8.32. The summed E-state index contributed by atoms with van der Waals surface area (Å²) >= 11 is 0. The summed E-state index contributed by atoms with van der Waals surface area (Å²) in [5.41, 5.74) is 7.65. The van der Waals surface area contributed by atoms with Gasteiger partial charge in [-0.3, -0.25) is 9.69 Å². The van der Waals surface area contributed by atoms with Crippen molar-refractivity contribution in [2.24, 2.45) is 0 Å². The number of Topliss-reactive ketones (excluding diaryl/α,β-unsaturated/α-hetero) is 1. The van der Waals surface area contributed by atoms with E-state index in [4.69, 9.17) is 9.47 Å². The number of hydrogen-bond donors (Lipinski definition) is 0. The van der Waals surface area contributed by atoms with Crippen molar-refractivity contribution >= 4 is 5.78 Å². The first-order valence-electron chi connectivity index (χ1n) is 10.7. The molecule has 0 aliphatic carbocycles. The fourth-order valence-corrected chi connectivity index (χ4v) is 4.50. The van der Waals surface area contributed by atoms with Crippen LogP contribution in [0, 0.1) is 20.8 Å². The fraction of sp³-hybridized carbons (Fsp3) is 0.346. The molecule has 162 valence electrons. The minimum absolute atomic E-state index is 0.162. The molecule has 0 amide bonds. The molecule has 2 aromatic carbocycles. The quantitative estimate of drug-likeness (QED) is 0.546. The molecule has 4 rings (SSSR count). The maximum absolute atomic E-state index is 13.2. The van der Waals surface area contributed by atoms with E-state index in [2.05, 4.69) is 53.6 Å². The third-order valence-electron chi connectivity index (χ3n) is 6.19. The summed E-state index contributed by atoms with van der Waals surface area (Å²) in [4.78, 5) is 15.4. The van der Waals surface area contributed by atoms with Crippen molar-refractivity contribution in [1.29, 1.82) is 0 Å². The molecule has 0 unspecified atom stereocenters. The molecule has 0 radical (unpaired) electrons. The van der Waals surface area contributed by atoms with Crippen LogP contribution in [0.15, 0.2) is 42.5 Å². The molecule has 0 atom stereocenters. The van der Waals surface area contributed by atoms with E-state index >= 15 is 0 Å². The van der Waals surface area contributed by atoms with Gasteiger partial charge < -0.3 is 14.0 Å². The van der Waals surface area contributed by atoms with Crippen LogP contribution in [0.5, 0.6) is 11.5 Å². The summed E-state index contributed by atoms with van der Waals surface area (Å²) < 4.78 is 13.0. The highest BCUT2D eigenvalue weighted by Gasteiger charge is 2.23. The van der Waals surface area contributed by atoms with E-state index in [1.165, 1.54) is 16.7 Å². The predicted octanol–water partition coefficient (Wildman–Crippen LogP) is 4.66. The van der Waals surface area contributed by atoms with Crippen LogP contribution in [0.1, 0.15) is 38.4 Å². The van der Waals surface area contributed by atoms with Crippen molar-refractivity contribution in [3.05, 3.63) is 76.1 Å². The maximum atomic E-state index is 13.2. The number of rotatable bonds is 6. The Balaban J connectivity index is 1.53. The monoisotopic (exact) mass is 418 g/mol. The summed E-state index contributed by atoms with van der Waals surface area (Å²) in [6, 6.07) is 14.5. The van der Waals surface area contributed by atoms with E-state index in [1.807, 2.05) is 19.1 Å². The Labute approximate surface area is 184 Å². The van der Waals surface area contributed by atoms with E-state index < -0.39 is 0 Å². The van der Waals surface area contributed by atoms with Crippen molar-refractivity contribution < 1.29 is 14.3 Å². The molecule has 0 fully saturated rings. The zero-order valence-electron chi connectivity index (χ0n) is 19.0. The molecule has 5 nitrogen and oxygen atoms in total. The normalized spacial score (nSPS) is 13.7. The van der Waals surface area contributed by atoms with Gasteiger partial charge in [-0.15, -0.1) is 0 Å². The summed E-state index contributed by atoms with van der Waals surface area (Å²) in [6.07, 6.45) is 0.894. The molecule has 0 saturated heterocycles. The van der Waals surface area contributed by atoms with Crippen molar-refractivity contribution in [3.63, 3.8) is 0 Å². The first kappa shape index (κ1) is 21.2. The average Bonchev–Trinajstić information content (AvgIpc) is 3.07. The second kappa shape index (κ2) is 8.60. The van der Waals surface area contributed by atoms with Gasteiger partial charge in [0.25, 0.3) is 0 Å². The van der Waals surface area contributed by atoms with Crippen LogP contribution in [-0.2, 0) is 13.0 Å². The van der Waals surface area contributed by atoms with Crippen LogP contribution >= 0.6 is 0 Å². The summed E-state index contributed by atoms with van der Waals surface area (Å²) in [6.45, 7) is 8.16. The summed E-state index contributed by atoms with van der Waals surface area (Å²) in [7, 11) is 3.31. The third-order valence-corrected chi connectivity index (χ3v) is 6.19. The van der Waals surface area contributed by atoms with E-state index in [1.54, 1.807) is 14.2 Å². The first-order chi connectivity index (χ1) is 14.9. The number of carbonyl (C=O) groups is 1. The summed E-state index contributed by atoms with van der Waals surface area (Å²) in [5, 5.41) is 0. The number of aromatic nitrogens is 1. The molecule has 0 N–H and O–H groups in total. The molecule has 31 heavy (non-hydrogen) atoms. The largest absolute Gasteiger partial charge is 0.493 e. The summed E-state index contributed by atoms with van der Waals surface area (Å²) in [5.74, 6) is 1.65. The highest BCUT2D eigenvalue weighted by atomic mass is 16.5. The molecular weight excluding hydrogens is 388 g/mol. The highest BCUT2D eigenvalue weighted by Crippen LogP contribution is 2.33. The number of carbonyl (C=O) groups excluding carboxylic acids is 1. The van der Waals surface area contributed by atoms with Gasteiger partial charge in [0.1, 0.15) is 0 Å². The standard InChI is InChI=1S/C26H30N2O3/c1-17-6-8-22(9-7-17)28-18(2)12-23(19(28)3)24(29)16-27-11-10-20-13-25(30-4)26(31-5)14-21(20)15-27/h6-9,12-14H,10-11,15-16H2,1-5H3. The van der Waals surface area contributed by atoms with Crippen molar-refractivity contribution in [2.75, 3.05) is 27.3 Å². The Hall–Kier alpha value is -3.05. The lowest BCUT2D eigenvalue weighted by molar-refractivity contribution is 0.0921. The van der Waals surface area contributed by atoms with Gasteiger partial charge in [-0.25, -0.2) is 0 Å². The van der Waals surface area contributed by atoms with Gasteiger partial charge in [0.15, 0.2) is 17.3 Å². The van der Waals surface area contributed by atoms with Gasteiger partial charge in [-0.1, -0.05) is 17.7 Å². The average molecular weight is 419 g/mol. The van der Waals surface area contributed by atoms with E-state index in [0.29, 0.717) is 6.54 Å². The van der Waals surface area contributed by atoms with Crippen LogP contribution in [0.4, 0.5) is 0 Å². The van der Waals surface area contributed by atoms with Crippen molar-refractivity contribution in [2.45, 2.75) is 33.7 Å². The van der Waals surface area contributed by atoms with Crippen LogP contribution in [0.2, 0.25) is 0 Å². The van der Waals surface area contributed by atoms with Crippen LogP contribution in [-0.4, -0.2) is 42.6 Å². The predicted molar refractivity (Wildman–Crippen MR) is 123 cm³/mol. The Kier molecular flexibility index (Phi) is 5.88. The molecule has 5 heteroatoms. The van der Waals surface area contributed by atoms with Crippen molar-refractivity contribution in [3.8, 4) is 17.2 Å². The smallest absolute Gasteiger partial charge is 0.178 e. The zero-order chi connectivity index (χ0) is 22.1. The second-order valence-corrected chi connectivity index (χ2v) is 8.32. The third kappa shape index (κ3) is 4.10. The van der Waals surface area contributed by atoms with Gasteiger partial charge >= 0.3 is 0 Å². The van der Waals surface area contributed by atoms with Crippen molar-refractivity contribution in [1.82, 2.24) is 9.47 Å². The van der Waals surface area contributed by atoms with Gasteiger partial charge in [-0.2, -0.15) is 0 Å². The first-order valence-corrected chi connectivity index (χ1v) is 10.7. The van der Waals surface area contributed by atoms with Crippen LogP contribution in [0.3, 0.4) is 0 Å². The van der Waals surface area contributed by atoms with E-state index in [-0.39, 0.29) is 5.78 Å². The SMILES string of the molecule is COc1cc2c(cc1OC)CN(CC(=O)c1cc(C)n(-c3ccc(C)cc3)c1C)CC2. The minimum Gasteiger partial charge on any atom is -0.493 e. The van der Waals surface area contributed by atoms with Gasteiger partial charge in [0.2, 0.25) is 0 Å². The minimum atomic E-state index is 0.162. The Morgan fingerprint density at radius 3 is 2.23 bits per heavy atom. The number of hydrogen-bond acceptors (Lipinski definition) is 4.